The van der Waals surface area contributed by atoms with Crippen molar-refractivity contribution in [1.82, 2.24) is 9.62 Å². The lowest BCUT2D eigenvalue weighted by Crippen LogP contribution is -2.30. The number of carbonyl (C=O) groups excluding carboxylic acids is 1. The molecule has 2 heterocycles. The highest BCUT2D eigenvalue weighted by Gasteiger charge is 2.27. The van der Waals surface area contributed by atoms with E-state index in [4.69, 9.17) is 4.42 Å². The lowest BCUT2D eigenvalue weighted by Gasteiger charge is -2.14. The van der Waals surface area contributed by atoms with Crippen LogP contribution in [0, 0.1) is 6.92 Å². The van der Waals surface area contributed by atoms with E-state index in [1.165, 1.54) is 17.0 Å². The first kappa shape index (κ1) is 19.4. The molecular formula is C17H19N5O5S. The van der Waals surface area contributed by atoms with Crippen LogP contribution in [0.2, 0.25) is 0 Å². The molecule has 0 saturated heterocycles. The SMILES string of the molecule is Cc1ccc(CN=C2NS(=O)(=O)N=C2Nc2cccc(C(=O)N(C)C)c2O)o1. The Labute approximate surface area is 161 Å². The van der Waals surface area contributed by atoms with Crippen molar-refractivity contribution in [2.24, 2.45) is 9.39 Å². The molecule has 1 aromatic carbocycles. The van der Waals surface area contributed by atoms with Crippen molar-refractivity contribution < 1.29 is 22.7 Å². The van der Waals surface area contributed by atoms with Gasteiger partial charge in [0.15, 0.2) is 17.4 Å². The predicted molar refractivity (Wildman–Crippen MR) is 104 cm³/mol. The number of para-hydroxylation sites is 1. The van der Waals surface area contributed by atoms with Crippen LogP contribution in [-0.2, 0) is 16.8 Å². The zero-order chi connectivity index (χ0) is 20.5. The third-order valence-corrected chi connectivity index (χ3v) is 4.65. The number of aryl methyl sites for hydroxylation is 1. The Morgan fingerprint density at radius 3 is 2.71 bits per heavy atom. The van der Waals surface area contributed by atoms with E-state index in [1.807, 2.05) is 0 Å². The third kappa shape index (κ3) is 4.14. The van der Waals surface area contributed by atoms with Crippen LogP contribution < -0.4 is 10.0 Å². The van der Waals surface area contributed by atoms with E-state index in [2.05, 4.69) is 19.4 Å². The van der Waals surface area contributed by atoms with Crippen LogP contribution in [0.5, 0.6) is 5.75 Å². The molecule has 3 rings (SSSR count). The fourth-order valence-electron chi connectivity index (χ4n) is 2.46. The van der Waals surface area contributed by atoms with Gasteiger partial charge in [0.25, 0.3) is 5.91 Å². The van der Waals surface area contributed by atoms with E-state index < -0.39 is 16.1 Å². The van der Waals surface area contributed by atoms with Crippen molar-refractivity contribution >= 4 is 33.5 Å². The van der Waals surface area contributed by atoms with Gasteiger partial charge in [-0.1, -0.05) is 6.07 Å². The number of amides is 1. The number of phenolic OH excluding ortho intramolecular Hbond substituents is 1. The number of aromatic hydroxyl groups is 1. The minimum absolute atomic E-state index is 0.0298. The van der Waals surface area contributed by atoms with Crippen LogP contribution in [0.4, 0.5) is 5.69 Å². The number of anilines is 1. The van der Waals surface area contributed by atoms with Crippen molar-refractivity contribution in [3.05, 3.63) is 47.4 Å². The van der Waals surface area contributed by atoms with Gasteiger partial charge in [0, 0.05) is 14.1 Å². The van der Waals surface area contributed by atoms with E-state index in [0.29, 0.717) is 11.5 Å². The molecule has 0 spiro atoms. The second kappa shape index (κ2) is 7.35. The summed E-state index contributed by atoms with van der Waals surface area (Å²) in [7, 11) is -0.847. The molecule has 1 aliphatic rings. The van der Waals surface area contributed by atoms with E-state index >= 15 is 0 Å². The first-order chi connectivity index (χ1) is 13.2. The summed E-state index contributed by atoms with van der Waals surface area (Å²) in [5.74, 6) is 0.403. The summed E-state index contributed by atoms with van der Waals surface area (Å²) in [4.78, 5) is 17.6. The van der Waals surface area contributed by atoms with Crippen molar-refractivity contribution in [3.63, 3.8) is 0 Å². The Morgan fingerprint density at radius 2 is 2.07 bits per heavy atom. The fraction of sp³-hybridized carbons (Fsp3) is 0.235. The molecule has 1 aromatic heterocycles. The highest BCUT2D eigenvalue weighted by atomic mass is 32.2. The second-order valence-electron chi connectivity index (χ2n) is 6.22. The molecule has 1 amide bonds. The molecule has 148 valence electrons. The Bertz CT molecular complexity index is 1090. The Morgan fingerprint density at radius 1 is 1.32 bits per heavy atom. The number of furan rings is 1. The topological polar surface area (TPSA) is 137 Å². The summed E-state index contributed by atoms with van der Waals surface area (Å²) >= 11 is 0. The summed E-state index contributed by atoms with van der Waals surface area (Å²) in [6, 6.07) is 8.01. The van der Waals surface area contributed by atoms with Gasteiger partial charge in [0.05, 0.1) is 17.8 Å². The van der Waals surface area contributed by atoms with Crippen LogP contribution in [0.3, 0.4) is 0 Å². The van der Waals surface area contributed by atoms with Crippen LogP contribution in [0.1, 0.15) is 21.9 Å². The van der Waals surface area contributed by atoms with Gasteiger partial charge in [-0.15, -0.1) is 4.40 Å². The molecule has 0 radical (unpaired) electrons. The van der Waals surface area contributed by atoms with Crippen LogP contribution in [-0.4, -0.2) is 50.1 Å². The first-order valence-corrected chi connectivity index (χ1v) is 9.64. The van der Waals surface area contributed by atoms with Gasteiger partial charge >= 0.3 is 10.2 Å². The summed E-state index contributed by atoms with van der Waals surface area (Å²) in [5.41, 5.74) is 0.181. The minimum Gasteiger partial charge on any atom is -0.505 e. The minimum atomic E-state index is -3.96. The highest BCUT2D eigenvalue weighted by Crippen LogP contribution is 2.28. The maximum Gasteiger partial charge on any atom is 0.345 e. The predicted octanol–water partition coefficient (Wildman–Crippen LogP) is 1.25. The van der Waals surface area contributed by atoms with Gasteiger partial charge in [-0.25, -0.2) is 4.72 Å². The maximum atomic E-state index is 12.1. The number of benzene rings is 1. The summed E-state index contributed by atoms with van der Waals surface area (Å²) in [6.07, 6.45) is 0. The average Bonchev–Trinajstić information content (AvgIpc) is 3.16. The third-order valence-electron chi connectivity index (χ3n) is 3.78. The van der Waals surface area contributed by atoms with Gasteiger partial charge in [-0.3, -0.25) is 9.79 Å². The quantitative estimate of drug-likeness (QED) is 0.655. The van der Waals surface area contributed by atoms with Gasteiger partial charge in [0.1, 0.15) is 11.5 Å². The Kier molecular flexibility index (Phi) is 5.10. The second-order valence-corrected chi connectivity index (χ2v) is 7.56. The van der Waals surface area contributed by atoms with Gasteiger partial charge in [-0.05, 0) is 31.2 Å². The molecule has 0 atom stereocenters. The van der Waals surface area contributed by atoms with E-state index in [9.17, 15) is 18.3 Å². The fourth-order valence-corrected chi connectivity index (χ4v) is 3.28. The molecule has 3 N–H and O–H groups in total. The monoisotopic (exact) mass is 405 g/mol. The Balaban J connectivity index is 1.89. The Hall–Kier alpha value is -3.34. The highest BCUT2D eigenvalue weighted by molar-refractivity contribution is 7.89. The number of phenols is 1. The lowest BCUT2D eigenvalue weighted by atomic mass is 10.1. The van der Waals surface area contributed by atoms with Crippen LogP contribution >= 0.6 is 0 Å². The zero-order valence-electron chi connectivity index (χ0n) is 15.4. The molecule has 0 saturated carbocycles. The standard InChI is InChI=1S/C17H19N5O5S/c1-10-7-8-11(27-10)9-18-15-16(21-28(25,26)20-15)19-13-6-4-5-12(14(13)23)17(24)22(2)3/h4-8,23H,9H2,1-3H3,(H,18,20)(H,19,21). The summed E-state index contributed by atoms with van der Waals surface area (Å²) in [5, 5.41) is 13.1. The normalized spacial score (nSPS) is 16.5. The summed E-state index contributed by atoms with van der Waals surface area (Å²) in [6.45, 7) is 1.88. The average molecular weight is 405 g/mol. The van der Waals surface area contributed by atoms with Gasteiger partial charge in [0.2, 0.25) is 0 Å². The molecule has 11 heteroatoms. The van der Waals surface area contributed by atoms with Gasteiger partial charge in [-0.2, -0.15) is 8.42 Å². The number of nitrogens with one attached hydrogen (secondary N) is 2. The van der Waals surface area contributed by atoms with Crippen LogP contribution in [0.25, 0.3) is 0 Å². The number of hydrogen-bond acceptors (Lipinski definition) is 7. The largest absolute Gasteiger partial charge is 0.505 e. The molecule has 1 aliphatic heterocycles. The first-order valence-electron chi connectivity index (χ1n) is 8.20. The molecule has 0 bridgehead atoms. The number of amidine groups is 2. The van der Waals surface area contributed by atoms with Crippen molar-refractivity contribution in [2.75, 3.05) is 19.4 Å². The number of aliphatic imine (C=N–C) groups is 1. The van der Waals surface area contributed by atoms with E-state index in [1.54, 1.807) is 39.2 Å². The number of nitrogens with zero attached hydrogens (tertiary/aromatic N) is 3. The van der Waals surface area contributed by atoms with Gasteiger partial charge < -0.3 is 19.7 Å². The molecule has 0 unspecified atom stereocenters. The van der Waals surface area contributed by atoms with Crippen molar-refractivity contribution in [2.45, 2.75) is 13.5 Å². The number of rotatable bonds is 4. The molecular weight excluding hydrogens is 386 g/mol. The molecule has 0 aliphatic carbocycles. The molecule has 10 nitrogen and oxygen atoms in total. The maximum absolute atomic E-state index is 12.1. The van der Waals surface area contributed by atoms with Crippen LogP contribution in [0.15, 0.2) is 44.1 Å². The number of carbonyl (C=O) groups is 1. The lowest BCUT2D eigenvalue weighted by molar-refractivity contribution is 0.0824. The van der Waals surface area contributed by atoms with E-state index in [0.717, 1.165) is 0 Å². The van der Waals surface area contributed by atoms with Crippen molar-refractivity contribution in [1.29, 1.82) is 0 Å². The molecule has 0 fully saturated rings. The number of hydrogen-bond donors (Lipinski definition) is 3. The van der Waals surface area contributed by atoms with E-state index in [-0.39, 0.29) is 35.2 Å². The van der Waals surface area contributed by atoms with Crippen molar-refractivity contribution in [3.8, 4) is 5.75 Å². The zero-order valence-corrected chi connectivity index (χ0v) is 16.2. The smallest absolute Gasteiger partial charge is 0.345 e. The molecule has 28 heavy (non-hydrogen) atoms. The molecule has 2 aromatic rings. The summed E-state index contributed by atoms with van der Waals surface area (Å²) < 4.78 is 34.9.